The average Bonchev–Trinajstić information content (AvgIpc) is 2.83. The molecule has 1 aliphatic rings. The van der Waals surface area contributed by atoms with Crippen molar-refractivity contribution < 1.29 is 5.11 Å². The van der Waals surface area contributed by atoms with Gasteiger partial charge in [0.25, 0.3) is 0 Å². The molecule has 1 aromatic heterocycles. The standard InChI is InChI=1S/C15H15N3O/c16-9-10-8-15(18-13-6-3-7-14(13)19)17-12-5-2-1-4-11(10)12/h1-2,4-5,8,13-14,19H,3,6-7H2,(H,17,18)/t13-,14-/m0/s1. The Hall–Kier alpha value is -2.12. The molecular formula is C15H15N3O. The van der Waals surface area contributed by atoms with Crippen LogP contribution in [0.25, 0.3) is 10.9 Å². The molecular weight excluding hydrogens is 238 g/mol. The first-order chi connectivity index (χ1) is 9.28. The Labute approximate surface area is 111 Å². The van der Waals surface area contributed by atoms with Gasteiger partial charge in [-0.15, -0.1) is 0 Å². The van der Waals surface area contributed by atoms with Gasteiger partial charge in [-0.05, 0) is 31.4 Å². The molecule has 1 aliphatic carbocycles. The van der Waals surface area contributed by atoms with E-state index in [0.717, 1.165) is 30.2 Å². The lowest BCUT2D eigenvalue weighted by Gasteiger charge is -2.17. The van der Waals surface area contributed by atoms with Gasteiger partial charge < -0.3 is 10.4 Å². The summed E-state index contributed by atoms with van der Waals surface area (Å²) < 4.78 is 0. The number of rotatable bonds is 2. The third-order valence-electron chi connectivity index (χ3n) is 3.65. The van der Waals surface area contributed by atoms with Gasteiger partial charge in [-0.2, -0.15) is 5.26 Å². The number of aromatic nitrogens is 1. The van der Waals surface area contributed by atoms with Crippen molar-refractivity contribution in [1.82, 2.24) is 4.98 Å². The van der Waals surface area contributed by atoms with Crippen molar-refractivity contribution in [3.05, 3.63) is 35.9 Å². The van der Waals surface area contributed by atoms with Gasteiger partial charge in [-0.25, -0.2) is 4.98 Å². The molecule has 2 N–H and O–H groups in total. The third-order valence-corrected chi connectivity index (χ3v) is 3.65. The number of para-hydroxylation sites is 1. The van der Waals surface area contributed by atoms with E-state index in [1.165, 1.54) is 0 Å². The smallest absolute Gasteiger partial charge is 0.128 e. The summed E-state index contributed by atoms with van der Waals surface area (Å²) in [4.78, 5) is 4.51. The van der Waals surface area contributed by atoms with Crippen LogP contribution in [-0.4, -0.2) is 22.2 Å². The third kappa shape index (κ3) is 2.25. The van der Waals surface area contributed by atoms with Crippen molar-refractivity contribution in [2.45, 2.75) is 31.4 Å². The van der Waals surface area contributed by atoms with Crippen LogP contribution in [0.4, 0.5) is 5.82 Å². The minimum absolute atomic E-state index is 0.0419. The zero-order valence-electron chi connectivity index (χ0n) is 10.5. The molecule has 1 fully saturated rings. The van der Waals surface area contributed by atoms with Crippen LogP contribution in [0, 0.1) is 11.3 Å². The summed E-state index contributed by atoms with van der Waals surface area (Å²) in [6.07, 6.45) is 2.48. The van der Waals surface area contributed by atoms with Crippen LogP contribution in [0.3, 0.4) is 0 Å². The number of benzene rings is 1. The maximum atomic E-state index is 9.83. The Morgan fingerprint density at radius 2 is 2.16 bits per heavy atom. The summed E-state index contributed by atoms with van der Waals surface area (Å²) in [6.45, 7) is 0. The molecule has 1 aromatic carbocycles. The molecule has 1 saturated carbocycles. The number of hydrogen-bond acceptors (Lipinski definition) is 4. The fraction of sp³-hybridized carbons (Fsp3) is 0.333. The molecule has 1 heterocycles. The van der Waals surface area contributed by atoms with Crippen molar-refractivity contribution in [3.63, 3.8) is 0 Å². The SMILES string of the molecule is N#Cc1cc(N[C@H]2CCC[C@@H]2O)nc2ccccc12. The quantitative estimate of drug-likeness (QED) is 0.862. The summed E-state index contributed by atoms with van der Waals surface area (Å²) in [5, 5.41) is 23.2. The second kappa shape index (κ2) is 4.87. The molecule has 0 unspecified atom stereocenters. The van der Waals surface area contributed by atoms with Crippen LogP contribution in [0.5, 0.6) is 0 Å². The molecule has 0 bridgehead atoms. The first-order valence-electron chi connectivity index (χ1n) is 6.52. The normalized spacial score (nSPS) is 22.3. The lowest BCUT2D eigenvalue weighted by molar-refractivity contribution is 0.171. The van der Waals surface area contributed by atoms with E-state index in [9.17, 15) is 10.4 Å². The zero-order chi connectivity index (χ0) is 13.2. The number of aliphatic hydroxyl groups is 1. The van der Waals surface area contributed by atoms with E-state index >= 15 is 0 Å². The predicted molar refractivity (Wildman–Crippen MR) is 73.7 cm³/mol. The van der Waals surface area contributed by atoms with Crippen LogP contribution in [0.2, 0.25) is 0 Å². The highest BCUT2D eigenvalue weighted by atomic mass is 16.3. The van der Waals surface area contributed by atoms with E-state index in [1.807, 2.05) is 24.3 Å². The van der Waals surface area contributed by atoms with E-state index in [2.05, 4.69) is 16.4 Å². The maximum absolute atomic E-state index is 9.83. The van der Waals surface area contributed by atoms with Gasteiger partial charge in [0.05, 0.1) is 29.3 Å². The fourth-order valence-corrected chi connectivity index (χ4v) is 2.64. The molecule has 96 valence electrons. The Morgan fingerprint density at radius 3 is 2.89 bits per heavy atom. The van der Waals surface area contributed by atoms with Gasteiger partial charge in [-0.1, -0.05) is 18.2 Å². The Morgan fingerprint density at radius 1 is 1.32 bits per heavy atom. The largest absolute Gasteiger partial charge is 0.391 e. The second-order valence-corrected chi connectivity index (χ2v) is 4.93. The number of pyridine rings is 1. The highest BCUT2D eigenvalue weighted by Gasteiger charge is 2.25. The molecule has 0 saturated heterocycles. The van der Waals surface area contributed by atoms with Gasteiger partial charge in [0.15, 0.2) is 0 Å². The number of anilines is 1. The summed E-state index contributed by atoms with van der Waals surface area (Å²) >= 11 is 0. The maximum Gasteiger partial charge on any atom is 0.128 e. The Balaban J connectivity index is 1.98. The average molecular weight is 253 g/mol. The molecule has 2 aromatic rings. The molecule has 2 atom stereocenters. The summed E-state index contributed by atoms with van der Waals surface area (Å²) in [7, 11) is 0. The van der Waals surface area contributed by atoms with Crippen molar-refractivity contribution in [3.8, 4) is 6.07 Å². The van der Waals surface area contributed by atoms with Gasteiger partial charge in [0.2, 0.25) is 0 Å². The topological polar surface area (TPSA) is 68.9 Å². The van der Waals surface area contributed by atoms with Crippen molar-refractivity contribution in [1.29, 1.82) is 5.26 Å². The highest BCUT2D eigenvalue weighted by Crippen LogP contribution is 2.25. The molecule has 0 spiro atoms. The number of fused-ring (bicyclic) bond motifs is 1. The van der Waals surface area contributed by atoms with Crippen LogP contribution < -0.4 is 5.32 Å². The summed E-state index contributed by atoms with van der Waals surface area (Å²) in [5.41, 5.74) is 1.41. The van der Waals surface area contributed by atoms with E-state index in [-0.39, 0.29) is 12.1 Å². The molecule has 3 rings (SSSR count). The first-order valence-corrected chi connectivity index (χ1v) is 6.52. The van der Waals surface area contributed by atoms with Crippen molar-refractivity contribution >= 4 is 16.7 Å². The second-order valence-electron chi connectivity index (χ2n) is 4.93. The zero-order valence-corrected chi connectivity index (χ0v) is 10.5. The molecule has 0 amide bonds. The number of aliphatic hydroxyl groups excluding tert-OH is 1. The van der Waals surface area contributed by atoms with E-state index in [0.29, 0.717) is 11.4 Å². The Kier molecular flexibility index (Phi) is 3.06. The number of hydrogen-bond donors (Lipinski definition) is 2. The van der Waals surface area contributed by atoms with Crippen molar-refractivity contribution in [2.24, 2.45) is 0 Å². The van der Waals surface area contributed by atoms with Gasteiger partial charge in [0.1, 0.15) is 5.82 Å². The minimum Gasteiger partial charge on any atom is -0.391 e. The Bertz CT molecular complexity index is 647. The van der Waals surface area contributed by atoms with E-state index in [1.54, 1.807) is 6.07 Å². The predicted octanol–water partition coefficient (Wildman–Crippen LogP) is 2.43. The molecule has 4 nitrogen and oxygen atoms in total. The monoisotopic (exact) mass is 253 g/mol. The van der Waals surface area contributed by atoms with Gasteiger partial charge in [-0.3, -0.25) is 0 Å². The van der Waals surface area contributed by atoms with Crippen LogP contribution in [0.15, 0.2) is 30.3 Å². The number of nitrogens with zero attached hydrogens (tertiary/aromatic N) is 2. The van der Waals surface area contributed by atoms with Crippen molar-refractivity contribution in [2.75, 3.05) is 5.32 Å². The lowest BCUT2D eigenvalue weighted by Crippen LogP contribution is -2.28. The van der Waals surface area contributed by atoms with Crippen LogP contribution >= 0.6 is 0 Å². The highest BCUT2D eigenvalue weighted by molar-refractivity contribution is 5.86. The number of nitrogens with one attached hydrogen (secondary N) is 1. The molecule has 19 heavy (non-hydrogen) atoms. The number of nitriles is 1. The minimum atomic E-state index is -0.321. The van der Waals surface area contributed by atoms with Gasteiger partial charge in [0, 0.05) is 5.39 Å². The van der Waals surface area contributed by atoms with Gasteiger partial charge >= 0.3 is 0 Å². The summed E-state index contributed by atoms with van der Waals surface area (Å²) in [6, 6.07) is 11.6. The molecule has 0 radical (unpaired) electrons. The fourth-order valence-electron chi connectivity index (χ4n) is 2.64. The molecule has 0 aliphatic heterocycles. The summed E-state index contributed by atoms with van der Waals surface area (Å²) in [5.74, 6) is 0.668. The van der Waals surface area contributed by atoms with Crippen LogP contribution in [0.1, 0.15) is 24.8 Å². The van der Waals surface area contributed by atoms with E-state index in [4.69, 9.17) is 0 Å². The lowest BCUT2D eigenvalue weighted by atomic mass is 10.1. The van der Waals surface area contributed by atoms with Crippen LogP contribution in [-0.2, 0) is 0 Å². The van der Waals surface area contributed by atoms with E-state index < -0.39 is 0 Å². The first kappa shape index (κ1) is 11.9. The molecule has 4 heteroatoms.